The summed E-state index contributed by atoms with van der Waals surface area (Å²) < 4.78 is 29.7. The highest BCUT2D eigenvalue weighted by atomic mass is 32.2. The van der Waals surface area contributed by atoms with E-state index in [9.17, 15) is 23.6 Å². The number of nitrogens with zero attached hydrogens (tertiary/aromatic N) is 4. The molecule has 0 saturated carbocycles. The predicted octanol–water partition coefficient (Wildman–Crippen LogP) is 3.51. The monoisotopic (exact) mass is 466 g/mol. The number of anilines is 1. The topological polar surface area (TPSA) is 119 Å². The summed E-state index contributed by atoms with van der Waals surface area (Å²) in [6.45, 7) is 1.61. The zero-order valence-electron chi connectivity index (χ0n) is 17.8. The first kappa shape index (κ1) is 22.4. The number of rotatable bonds is 8. The molecular formula is C23H22N4O5S. The second kappa shape index (κ2) is 9.00. The van der Waals surface area contributed by atoms with Gasteiger partial charge < -0.3 is 9.67 Å². The SMILES string of the molecule is Cc1nc2ccccc2n1CC(O)CN(c1cccc([N+](=O)[O-])c1)S(=O)(=O)c1ccccc1. The average molecular weight is 467 g/mol. The third-order valence-electron chi connectivity index (χ3n) is 5.28. The first-order valence-electron chi connectivity index (χ1n) is 10.2. The molecule has 0 spiro atoms. The Kier molecular flexibility index (Phi) is 6.12. The molecule has 1 atom stereocenters. The number of aliphatic hydroxyl groups is 1. The molecule has 4 rings (SSSR count). The van der Waals surface area contributed by atoms with Gasteiger partial charge in [0.25, 0.3) is 15.7 Å². The van der Waals surface area contributed by atoms with Crippen molar-refractivity contribution in [1.29, 1.82) is 0 Å². The molecule has 3 aromatic carbocycles. The lowest BCUT2D eigenvalue weighted by molar-refractivity contribution is -0.384. The van der Waals surface area contributed by atoms with Crippen molar-refractivity contribution < 1.29 is 18.4 Å². The van der Waals surface area contributed by atoms with Gasteiger partial charge in [0.15, 0.2) is 0 Å². The molecule has 0 aliphatic carbocycles. The summed E-state index contributed by atoms with van der Waals surface area (Å²) in [5.41, 5.74) is 1.45. The van der Waals surface area contributed by atoms with Crippen LogP contribution >= 0.6 is 0 Å². The van der Waals surface area contributed by atoms with Gasteiger partial charge in [-0.05, 0) is 37.3 Å². The number of aryl methyl sites for hydroxylation is 1. The lowest BCUT2D eigenvalue weighted by Gasteiger charge is -2.27. The number of hydrogen-bond acceptors (Lipinski definition) is 6. The Bertz CT molecular complexity index is 1400. The third kappa shape index (κ3) is 4.57. The van der Waals surface area contributed by atoms with E-state index in [1.54, 1.807) is 18.2 Å². The number of fused-ring (bicyclic) bond motifs is 1. The van der Waals surface area contributed by atoms with Crippen molar-refractivity contribution in [2.45, 2.75) is 24.5 Å². The van der Waals surface area contributed by atoms with Gasteiger partial charge in [0.05, 0.1) is 45.7 Å². The molecule has 1 unspecified atom stereocenters. The van der Waals surface area contributed by atoms with Crippen molar-refractivity contribution in [3.05, 3.63) is 94.8 Å². The molecule has 0 bridgehead atoms. The summed E-state index contributed by atoms with van der Waals surface area (Å²) in [6.07, 6.45) is -1.11. The number of para-hydroxylation sites is 2. The Morgan fingerprint density at radius 2 is 1.76 bits per heavy atom. The number of sulfonamides is 1. The standard InChI is InChI=1S/C23H22N4O5S/c1-17-24-22-12-5-6-13-23(22)25(17)15-20(28)16-26(18-8-7-9-19(14-18)27(29)30)33(31,32)21-10-3-2-4-11-21/h2-14,20,28H,15-16H2,1H3. The lowest BCUT2D eigenvalue weighted by atomic mass is 10.2. The van der Waals surface area contributed by atoms with Gasteiger partial charge in [0.2, 0.25) is 0 Å². The average Bonchev–Trinajstić information content (AvgIpc) is 3.13. The van der Waals surface area contributed by atoms with Gasteiger partial charge in [-0.1, -0.05) is 36.4 Å². The van der Waals surface area contributed by atoms with E-state index in [0.717, 1.165) is 15.3 Å². The quantitative estimate of drug-likeness (QED) is 0.314. The molecule has 1 N–H and O–H groups in total. The number of aromatic nitrogens is 2. The Labute approximate surface area is 190 Å². The molecule has 0 aliphatic rings. The molecule has 0 aliphatic heterocycles. The molecule has 0 amide bonds. The zero-order chi connectivity index (χ0) is 23.6. The highest BCUT2D eigenvalue weighted by molar-refractivity contribution is 7.92. The van der Waals surface area contributed by atoms with Crippen LogP contribution in [0, 0.1) is 17.0 Å². The van der Waals surface area contributed by atoms with Crippen molar-refractivity contribution in [3.8, 4) is 0 Å². The van der Waals surface area contributed by atoms with Crippen LogP contribution in [0.4, 0.5) is 11.4 Å². The van der Waals surface area contributed by atoms with Crippen LogP contribution < -0.4 is 4.31 Å². The van der Waals surface area contributed by atoms with Crippen molar-refractivity contribution >= 4 is 32.4 Å². The van der Waals surface area contributed by atoms with Crippen molar-refractivity contribution in [2.24, 2.45) is 0 Å². The van der Waals surface area contributed by atoms with E-state index in [4.69, 9.17) is 0 Å². The largest absolute Gasteiger partial charge is 0.389 e. The highest BCUT2D eigenvalue weighted by Gasteiger charge is 2.28. The van der Waals surface area contributed by atoms with Crippen LogP contribution in [0.2, 0.25) is 0 Å². The molecule has 0 radical (unpaired) electrons. The molecule has 1 heterocycles. The van der Waals surface area contributed by atoms with Gasteiger partial charge in [-0.15, -0.1) is 0 Å². The first-order valence-corrected chi connectivity index (χ1v) is 11.6. The number of imidazole rings is 1. The fourth-order valence-corrected chi connectivity index (χ4v) is 5.23. The van der Waals surface area contributed by atoms with Gasteiger partial charge in [0, 0.05) is 12.1 Å². The van der Waals surface area contributed by atoms with Crippen molar-refractivity contribution in [3.63, 3.8) is 0 Å². The number of nitro groups is 1. The van der Waals surface area contributed by atoms with Crippen molar-refractivity contribution in [2.75, 3.05) is 10.8 Å². The Balaban J connectivity index is 1.71. The molecular weight excluding hydrogens is 444 g/mol. The van der Waals surface area contributed by atoms with Crippen LogP contribution in [0.25, 0.3) is 11.0 Å². The van der Waals surface area contributed by atoms with Crippen LogP contribution in [-0.4, -0.2) is 40.6 Å². The van der Waals surface area contributed by atoms with E-state index < -0.39 is 21.1 Å². The number of benzene rings is 3. The molecule has 10 heteroatoms. The zero-order valence-corrected chi connectivity index (χ0v) is 18.6. The molecule has 4 aromatic rings. The summed E-state index contributed by atoms with van der Waals surface area (Å²) in [4.78, 5) is 15.2. The molecule has 33 heavy (non-hydrogen) atoms. The molecule has 170 valence electrons. The van der Waals surface area contributed by atoms with Gasteiger partial charge in [-0.2, -0.15) is 0 Å². The van der Waals surface area contributed by atoms with E-state index in [1.165, 1.54) is 36.4 Å². The summed E-state index contributed by atoms with van der Waals surface area (Å²) in [6, 6.07) is 20.6. The summed E-state index contributed by atoms with van der Waals surface area (Å²) in [5, 5.41) is 22.2. The van der Waals surface area contributed by atoms with Crippen LogP contribution in [-0.2, 0) is 16.6 Å². The molecule has 1 aromatic heterocycles. The van der Waals surface area contributed by atoms with Crippen LogP contribution in [0.3, 0.4) is 0 Å². The van der Waals surface area contributed by atoms with Gasteiger partial charge in [0.1, 0.15) is 5.82 Å². The molecule has 0 fully saturated rings. The van der Waals surface area contributed by atoms with E-state index in [0.29, 0.717) is 5.82 Å². The van der Waals surface area contributed by atoms with E-state index in [2.05, 4.69) is 4.98 Å². The third-order valence-corrected chi connectivity index (χ3v) is 7.08. The number of hydrogen-bond donors (Lipinski definition) is 1. The highest BCUT2D eigenvalue weighted by Crippen LogP contribution is 2.27. The maximum Gasteiger partial charge on any atom is 0.271 e. The molecule has 9 nitrogen and oxygen atoms in total. The summed E-state index contributed by atoms with van der Waals surface area (Å²) >= 11 is 0. The van der Waals surface area contributed by atoms with Gasteiger partial charge in [-0.25, -0.2) is 13.4 Å². The van der Waals surface area contributed by atoms with Crippen LogP contribution in [0.15, 0.2) is 83.8 Å². The maximum atomic E-state index is 13.5. The summed E-state index contributed by atoms with van der Waals surface area (Å²) in [7, 11) is -4.10. The number of aliphatic hydroxyl groups excluding tert-OH is 1. The minimum Gasteiger partial charge on any atom is -0.389 e. The van der Waals surface area contributed by atoms with Crippen LogP contribution in [0.5, 0.6) is 0 Å². The minimum absolute atomic E-state index is 0.0213. The second-order valence-corrected chi connectivity index (χ2v) is 9.40. The Morgan fingerprint density at radius 1 is 1.06 bits per heavy atom. The van der Waals surface area contributed by atoms with E-state index in [1.807, 2.05) is 35.8 Å². The normalized spacial score (nSPS) is 12.5. The lowest BCUT2D eigenvalue weighted by Crippen LogP contribution is -2.39. The molecule has 0 saturated heterocycles. The fourth-order valence-electron chi connectivity index (χ4n) is 3.71. The van der Waals surface area contributed by atoms with Crippen molar-refractivity contribution in [1.82, 2.24) is 9.55 Å². The van der Waals surface area contributed by atoms with E-state index in [-0.39, 0.29) is 29.4 Å². The smallest absolute Gasteiger partial charge is 0.271 e. The fraction of sp³-hybridized carbons (Fsp3) is 0.174. The first-order chi connectivity index (χ1) is 15.8. The van der Waals surface area contributed by atoms with Gasteiger partial charge in [-0.3, -0.25) is 14.4 Å². The summed E-state index contributed by atoms with van der Waals surface area (Å²) in [5.74, 6) is 0.683. The van der Waals surface area contributed by atoms with E-state index >= 15 is 0 Å². The minimum atomic E-state index is -4.10. The Hall–Kier alpha value is -3.76. The number of non-ortho nitro benzene ring substituents is 1. The number of nitro benzene ring substituents is 1. The van der Waals surface area contributed by atoms with Gasteiger partial charge >= 0.3 is 0 Å². The second-order valence-electron chi connectivity index (χ2n) is 7.54. The predicted molar refractivity (Wildman–Crippen MR) is 125 cm³/mol. The maximum absolute atomic E-state index is 13.5. The Morgan fingerprint density at radius 3 is 2.48 bits per heavy atom. The van der Waals surface area contributed by atoms with Crippen LogP contribution in [0.1, 0.15) is 5.82 Å².